The predicted molar refractivity (Wildman–Crippen MR) is 83.8 cm³/mol. The van der Waals surface area contributed by atoms with Crippen molar-refractivity contribution in [2.45, 2.75) is 32.5 Å². The molecule has 134 valence electrons. The van der Waals surface area contributed by atoms with E-state index in [-0.39, 0.29) is 17.1 Å². The van der Waals surface area contributed by atoms with Gasteiger partial charge in [0.15, 0.2) is 0 Å². The van der Waals surface area contributed by atoms with Crippen LogP contribution in [-0.2, 0) is 16.0 Å². The van der Waals surface area contributed by atoms with Crippen LogP contribution in [0.1, 0.15) is 19.4 Å². The van der Waals surface area contributed by atoms with Crippen LogP contribution in [0.15, 0.2) is 18.2 Å². The molecule has 0 spiro atoms. The third kappa shape index (κ3) is 5.38. The van der Waals surface area contributed by atoms with E-state index in [1.54, 1.807) is 6.07 Å². The molecule has 0 saturated heterocycles. The number of carbonyl (C=O) groups is 2. The van der Waals surface area contributed by atoms with Gasteiger partial charge in [0.05, 0.1) is 28.6 Å². The summed E-state index contributed by atoms with van der Waals surface area (Å²) in [6.45, 7) is 2.33. The zero-order valence-corrected chi connectivity index (χ0v) is 13.8. The molecule has 4 N–H and O–H groups in total. The Labute approximate surface area is 142 Å². The molecule has 5 nitrogen and oxygen atoms in total. The van der Waals surface area contributed by atoms with Crippen molar-refractivity contribution in [3.63, 3.8) is 0 Å². The monoisotopic (exact) mass is 366 g/mol. The van der Waals surface area contributed by atoms with Crippen molar-refractivity contribution in [1.82, 2.24) is 0 Å². The van der Waals surface area contributed by atoms with Gasteiger partial charge in [0, 0.05) is 0 Å². The SMILES string of the molecule is CC([C@H](N)C(=O)Nc1cc(C[C@@H](C)C(=O)O)ccc1Cl)C(F)(F)F. The number of carboxylic acids is 1. The van der Waals surface area contributed by atoms with E-state index in [0.29, 0.717) is 5.56 Å². The molecule has 0 aliphatic rings. The number of benzene rings is 1. The van der Waals surface area contributed by atoms with Gasteiger partial charge in [-0.05, 0) is 24.1 Å². The molecule has 0 saturated carbocycles. The van der Waals surface area contributed by atoms with Gasteiger partial charge in [0.1, 0.15) is 0 Å². The number of carbonyl (C=O) groups excluding carboxylic acids is 1. The standard InChI is InChI=1S/C15H18ClF3N2O3/c1-7(14(23)24)5-9-3-4-10(16)11(6-9)21-13(22)12(20)8(2)15(17,18)19/h3-4,6-8,12H,5,20H2,1-2H3,(H,21,22)(H,23,24)/t7-,8?,12+/m1/s1. The lowest BCUT2D eigenvalue weighted by Crippen LogP contribution is -2.46. The smallest absolute Gasteiger partial charge is 0.393 e. The molecule has 1 unspecified atom stereocenters. The summed E-state index contributed by atoms with van der Waals surface area (Å²) >= 11 is 5.92. The fourth-order valence-corrected chi connectivity index (χ4v) is 2.05. The van der Waals surface area contributed by atoms with Crippen molar-refractivity contribution in [2.24, 2.45) is 17.6 Å². The van der Waals surface area contributed by atoms with Gasteiger partial charge in [-0.15, -0.1) is 0 Å². The Balaban J connectivity index is 2.90. The highest BCUT2D eigenvalue weighted by Gasteiger charge is 2.42. The van der Waals surface area contributed by atoms with Gasteiger partial charge in [-0.25, -0.2) is 0 Å². The van der Waals surface area contributed by atoms with Crippen LogP contribution >= 0.6 is 11.6 Å². The van der Waals surface area contributed by atoms with E-state index in [1.807, 2.05) is 0 Å². The number of anilines is 1. The largest absolute Gasteiger partial charge is 0.481 e. The first kappa shape index (κ1) is 20.2. The first-order valence-corrected chi connectivity index (χ1v) is 7.45. The Morgan fingerprint density at radius 3 is 2.42 bits per heavy atom. The normalized spacial score (nSPS) is 15.5. The molecule has 0 bridgehead atoms. The average molecular weight is 367 g/mol. The van der Waals surface area contributed by atoms with E-state index >= 15 is 0 Å². The maximum atomic E-state index is 12.6. The number of alkyl halides is 3. The van der Waals surface area contributed by atoms with Crippen LogP contribution in [0, 0.1) is 11.8 Å². The number of nitrogens with one attached hydrogen (secondary N) is 1. The molecule has 0 aromatic heterocycles. The van der Waals surface area contributed by atoms with Gasteiger partial charge in [0.25, 0.3) is 0 Å². The van der Waals surface area contributed by atoms with E-state index in [4.69, 9.17) is 22.4 Å². The number of halogens is 4. The van der Waals surface area contributed by atoms with Crippen LogP contribution in [0.3, 0.4) is 0 Å². The molecule has 0 radical (unpaired) electrons. The summed E-state index contributed by atoms with van der Waals surface area (Å²) in [7, 11) is 0. The number of amides is 1. The molecule has 1 amide bonds. The minimum Gasteiger partial charge on any atom is -0.481 e. The van der Waals surface area contributed by atoms with E-state index < -0.39 is 35.9 Å². The Morgan fingerprint density at radius 2 is 1.92 bits per heavy atom. The second-order valence-electron chi connectivity index (χ2n) is 5.60. The third-order valence-corrected chi connectivity index (χ3v) is 3.94. The summed E-state index contributed by atoms with van der Waals surface area (Å²) in [5.41, 5.74) is 6.01. The zero-order valence-electron chi connectivity index (χ0n) is 13.0. The molecular formula is C15H18ClF3N2O3. The summed E-state index contributed by atoms with van der Waals surface area (Å²) in [6, 6.07) is 2.64. The molecule has 0 aliphatic heterocycles. The van der Waals surface area contributed by atoms with Crippen LogP contribution in [0.2, 0.25) is 5.02 Å². The predicted octanol–water partition coefficient (Wildman–Crippen LogP) is 3.07. The molecule has 9 heteroatoms. The van der Waals surface area contributed by atoms with Crippen LogP contribution in [0.25, 0.3) is 0 Å². The molecule has 3 atom stereocenters. The molecule has 1 rings (SSSR count). The van der Waals surface area contributed by atoms with Crippen molar-refractivity contribution in [3.05, 3.63) is 28.8 Å². The number of hydrogen-bond acceptors (Lipinski definition) is 3. The second-order valence-corrected chi connectivity index (χ2v) is 6.01. The van der Waals surface area contributed by atoms with Crippen molar-refractivity contribution in [1.29, 1.82) is 0 Å². The molecular weight excluding hydrogens is 349 g/mol. The van der Waals surface area contributed by atoms with Crippen LogP contribution < -0.4 is 11.1 Å². The lowest BCUT2D eigenvalue weighted by molar-refractivity contribution is -0.176. The lowest BCUT2D eigenvalue weighted by atomic mass is 10.00. The van der Waals surface area contributed by atoms with Gasteiger partial charge in [-0.3, -0.25) is 9.59 Å². The van der Waals surface area contributed by atoms with Gasteiger partial charge >= 0.3 is 12.1 Å². The van der Waals surface area contributed by atoms with Crippen molar-refractivity contribution < 1.29 is 27.9 Å². The molecule has 1 aromatic carbocycles. The highest BCUT2D eigenvalue weighted by Crippen LogP contribution is 2.29. The average Bonchev–Trinajstić information content (AvgIpc) is 2.47. The fourth-order valence-electron chi connectivity index (χ4n) is 1.88. The molecule has 0 aliphatic carbocycles. The lowest BCUT2D eigenvalue weighted by Gasteiger charge is -2.22. The summed E-state index contributed by atoms with van der Waals surface area (Å²) in [5, 5.41) is 11.3. The molecule has 24 heavy (non-hydrogen) atoms. The highest BCUT2D eigenvalue weighted by atomic mass is 35.5. The number of carboxylic acid groups (broad SMARTS) is 1. The van der Waals surface area contributed by atoms with E-state index in [2.05, 4.69) is 5.32 Å². The van der Waals surface area contributed by atoms with Crippen LogP contribution in [0.4, 0.5) is 18.9 Å². The summed E-state index contributed by atoms with van der Waals surface area (Å²) in [5.74, 6) is -4.70. The Morgan fingerprint density at radius 1 is 1.33 bits per heavy atom. The van der Waals surface area contributed by atoms with Crippen molar-refractivity contribution in [3.8, 4) is 0 Å². The van der Waals surface area contributed by atoms with E-state index in [1.165, 1.54) is 19.1 Å². The Bertz CT molecular complexity index is 622. The summed E-state index contributed by atoms with van der Waals surface area (Å²) < 4.78 is 37.9. The van der Waals surface area contributed by atoms with Gasteiger partial charge in [-0.1, -0.05) is 31.5 Å². The minimum absolute atomic E-state index is 0.0848. The van der Waals surface area contributed by atoms with Crippen LogP contribution in [0.5, 0.6) is 0 Å². The summed E-state index contributed by atoms with van der Waals surface area (Å²) in [6.07, 6.45) is -4.42. The zero-order chi connectivity index (χ0) is 18.7. The maximum Gasteiger partial charge on any atom is 0.393 e. The number of aliphatic carboxylic acids is 1. The van der Waals surface area contributed by atoms with E-state index in [9.17, 15) is 22.8 Å². The van der Waals surface area contributed by atoms with Crippen molar-refractivity contribution >= 4 is 29.2 Å². The fraction of sp³-hybridized carbons (Fsp3) is 0.467. The highest BCUT2D eigenvalue weighted by molar-refractivity contribution is 6.33. The minimum atomic E-state index is -4.60. The number of rotatable bonds is 6. The van der Waals surface area contributed by atoms with Gasteiger partial charge < -0.3 is 16.2 Å². The first-order valence-electron chi connectivity index (χ1n) is 7.08. The molecule has 1 aromatic rings. The summed E-state index contributed by atoms with van der Waals surface area (Å²) in [4.78, 5) is 22.8. The second kappa shape index (κ2) is 7.85. The maximum absolute atomic E-state index is 12.6. The molecule has 0 fully saturated rings. The molecule has 0 heterocycles. The number of nitrogens with two attached hydrogens (primary N) is 1. The topological polar surface area (TPSA) is 92.4 Å². The number of hydrogen-bond donors (Lipinski definition) is 3. The van der Waals surface area contributed by atoms with Crippen LogP contribution in [-0.4, -0.2) is 29.2 Å². The van der Waals surface area contributed by atoms with Gasteiger partial charge in [-0.2, -0.15) is 13.2 Å². The Hall–Kier alpha value is -1.80. The third-order valence-electron chi connectivity index (χ3n) is 3.61. The van der Waals surface area contributed by atoms with E-state index in [0.717, 1.165) is 6.92 Å². The quantitative estimate of drug-likeness (QED) is 0.721. The van der Waals surface area contributed by atoms with Gasteiger partial charge in [0.2, 0.25) is 5.91 Å². The first-order chi connectivity index (χ1) is 10.9. The Kier molecular flexibility index (Phi) is 6.62. The van der Waals surface area contributed by atoms with Crippen molar-refractivity contribution in [2.75, 3.05) is 5.32 Å².